The average Bonchev–Trinajstić information content (AvgIpc) is 2.40. The Bertz CT molecular complexity index is 533. The summed E-state index contributed by atoms with van der Waals surface area (Å²) in [4.78, 5) is 21.9. The van der Waals surface area contributed by atoms with Crippen LogP contribution in [0.5, 0.6) is 5.75 Å². The first-order chi connectivity index (χ1) is 9.54. The molecule has 20 heavy (non-hydrogen) atoms. The molecule has 1 aliphatic carbocycles. The fraction of sp³-hybridized carbons (Fsp3) is 0.462. The van der Waals surface area contributed by atoms with Gasteiger partial charge in [0.05, 0.1) is 9.95 Å². The number of nitro groups is 1. The highest BCUT2D eigenvalue weighted by Crippen LogP contribution is 2.37. The molecule has 1 aromatic rings. The molecule has 108 valence electrons. The van der Waals surface area contributed by atoms with Gasteiger partial charge in [-0.3, -0.25) is 14.9 Å². The predicted molar refractivity (Wildman–Crippen MR) is 72.2 cm³/mol. The number of halogens is 1. The van der Waals surface area contributed by atoms with Gasteiger partial charge in [0.2, 0.25) is 5.75 Å². The van der Waals surface area contributed by atoms with Crippen LogP contribution >= 0.6 is 11.6 Å². The van der Waals surface area contributed by atoms with Gasteiger partial charge in [-0.25, -0.2) is 0 Å². The molecule has 2 rings (SSSR count). The Balaban J connectivity index is 2.14. The van der Waals surface area contributed by atoms with Gasteiger partial charge < -0.3 is 9.47 Å². The van der Waals surface area contributed by atoms with Gasteiger partial charge in [-0.1, -0.05) is 24.6 Å². The van der Waals surface area contributed by atoms with E-state index in [-0.39, 0.29) is 28.7 Å². The monoisotopic (exact) mass is 299 g/mol. The fourth-order valence-electron chi connectivity index (χ4n) is 1.93. The lowest BCUT2D eigenvalue weighted by molar-refractivity contribution is -0.386. The van der Waals surface area contributed by atoms with Crippen LogP contribution in [0.3, 0.4) is 0 Å². The maximum absolute atomic E-state index is 11.5. The first-order valence-corrected chi connectivity index (χ1v) is 6.66. The van der Waals surface area contributed by atoms with E-state index in [0.717, 1.165) is 6.42 Å². The van der Waals surface area contributed by atoms with Crippen molar-refractivity contribution in [3.63, 3.8) is 0 Å². The first kappa shape index (κ1) is 14.7. The number of nitrogens with zero attached hydrogens (tertiary/aromatic N) is 1. The molecule has 0 N–H and O–H groups in total. The second-order valence-corrected chi connectivity index (χ2v) is 4.87. The average molecular weight is 300 g/mol. The minimum absolute atomic E-state index is 0.0123. The third-order valence-corrected chi connectivity index (χ3v) is 3.27. The molecule has 0 spiro atoms. The summed E-state index contributed by atoms with van der Waals surface area (Å²) in [6.07, 6.45) is -0.224. The van der Waals surface area contributed by atoms with E-state index in [2.05, 4.69) is 0 Å². The topological polar surface area (TPSA) is 78.7 Å². The van der Waals surface area contributed by atoms with E-state index in [1.54, 1.807) is 0 Å². The summed E-state index contributed by atoms with van der Waals surface area (Å²) in [6.45, 7) is 2.37. The summed E-state index contributed by atoms with van der Waals surface area (Å²) in [5, 5.41) is 11.1. The molecule has 0 amide bonds. The second-order valence-electron chi connectivity index (χ2n) is 4.46. The summed E-state index contributed by atoms with van der Waals surface area (Å²) in [5.41, 5.74) is -0.217. The predicted octanol–water partition coefficient (Wildman–Crippen LogP) is 2.76. The molecule has 1 aromatic carbocycles. The largest absolute Gasteiger partial charge is 0.479 e. The zero-order chi connectivity index (χ0) is 14.7. The molecule has 2 atom stereocenters. The molecule has 1 aliphatic rings. The molecule has 0 radical (unpaired) electrons. The van der Waals surface area contributed by atoms with Crippen molar-refractivity contribution in [3.8, 4) is 5.75 Å². The van der Waals surface area contributed by atoms with Gasteiger partial charge in [0.15, 0.2) is 11.9 Å². The van der Waals surface area contributed by atoms with Crippen LogP contribution in [-0.2, 0) is 9.53 Å². The molecular weight excluding hydrogens is 286 g/mol. The number of ether oxygens (including phenoxy) is 2. The Labute approximate surface area is 120 Å². The van der Waals surface area contributed by atoms with Gasteiger partial charge in [0.1, 0.15) is 6.10 Å². The summed E-state index contributed by atoms with van der Waals surface area (Å²) in [5.74, 6) is -0.0695. The molecule has 0 aromatic heterocycles. The molecule has 0 aliphatic heterocycles. The normalized spacial score (nSPS) is 21.4. The molecule has 2 unspecified atom stereocenters. The number of benzene rings is 1. The van der Waals surface area contributed by atoms with Crippen molar-refractivity contribution in [2.24, 2.45) is 0 Å². The van der Waals surface area contributed by atoms with Gasteiger partial charge in [0, 0.05) is 19.1 Å². The van der Waals surface area contributed by atoms with E-state index < -0.39 is 17.1 Å². The number of rotatable bonds is 6. The van der Waals surface area contributed by atoms with Crippen molar-refractivity contribution < 1.29 is 19.2 Å². The molecule has 1 saturated carbocycles. The third-order valence-electron chi connectivity index (χ3n) is 2.97. The fourth-order valence-corrected chi connectivity index (χ4v) is 2.14. The summed E-state index contributed by atoms with van der Waals surface area (Å²) in [6, 6.07) is 4.29. The highest BCUT2D eigenvalue weighted by Gasteiger charge is 2.43. The van der Waals surface area contributed by atoms with Crippen molar-refractivity contribution >= 4 is 23.1 Å². The number of carbonyl (C=O) groups excluding carboxylic acids is 1. The number of hydrogen-bond acceptors (Lipinski definition) is 5. The van der Waals surface area contributed by atoms with E-state index in [1.807, 2.05) is 6.92 Å². The molecular formula is C13H14ClNO5. The van der Waals surface area contributed by atoms with E-state index >= 15 is 0 Å². The van der Waals surface area contributed by atoms with Crippen LogP contribution in [0.1, 0.15) is 19.8 Å². The standard InChI is InChI=1S/C13H14ClNO5/c1-2-6-19-13-10(16)7-11(13)20-12-8(14)4-3-5-9(12)15(17)18/h3-5,11,13H,2,6-7H2,1H3. The highest BCUT2D eigenvalue weighted by molar-refractivity contribution is 6.32. The van der Waals surface area contributed by atoms with Gasteiger partial charge >= 0.3 is 5.69 Å². The van der Waals surface area contributed by atoms with Crippen molar-refractivity contribution in [2.75, 3.05) is 6.61 Å². The third kappa shape index (κ3) is 2.91. The van der Waals surface area contributed by atoms with E-state index in [0.29, 0.717) is 6.61 Å². The van der Waals surface area contributed by atoms with E-state index in [1.165, 1.54) is 18.2 Å². The van der Waals surface area contributed by atoms with Gasteiger partial charge in [0.25, 0.3) is 0 Å². The van der Waals surface area contributed by atoms with E-state index in [9.17, 15) is 14.9 Å². The lowest BCUT2D eigenvalue weighted by atomic mass is 9.90. The molecule has 0 heterocycles. The lowest BCUT2D eigenvalue weighted by Gasteiger charge is -2.34. The van der Waals surface area contributed by atoms with Crippen LogP contribution in [-0.4, -0.2) is 29.5 Å². The molecule has 0 saturated heterocycles. The van der Waals surface area contributed by atoms with E-state index in [4.69, 9.17) is 21.1 Å². The first-order valence-electron chi connectivity index (χ1n) is 6.28. The summed E-state index contributed by atoms with van der Waals surface area (Å²) < 4.78 is 10.9. The Morgan fingerprint density at radius 3 is 2.85 bits per heavy atom. The summed E-state index contributed by atoms with van der Waals surface area (Å²) >= 11 is 5.93. The Kier molecular flexibility index (Phi) is 4.57. The van der Waals surface area contributed by atoms with Crippen LogP contribution in [0.25, 0.3) is 0 Å². The smallest absolute Gasteiger partial charge is 0.312 e. The zero-order valence-corrected chi connectivity index (χ0v) is 11.6. The van der Waals surface area contributed by atoms with Crippen molar-refractivity contribution in [1.29, 1.82) is 0 Å². The highest BCUT2D eigenvalue weighted by atomic mass is 35.5. The van der Waals surface area contributed by atoms with Crippen LogP contribution in [0.15, 0.2) is 18.2 Å². The Hall–Kier alpha value is -1.66. The van der Waals surface area contributed by atoms with Crippen molar-refractivity contribution in [2.45, 2.75) is 32.0 Å². The molecule has 6 nitrogen and oxygen atoms in total. The van der Waals surface area contributed by atoms with Crippen LogP contribution in [0, 0.1) is 10.1 Å². The minimum atomic E-state index is -0.661. The zero-order valence-electron chi connectivity index (χ0n) is 10.9. The van der Waals surface area contributed by atoms with Crippen molar-refractivity contribution in [3.05, 3.63) is 33.3 Å². The van der Waals surface area contributed by atoms with Gasteiger partial charge in [-0.05, 0) is 12.5 Å². The number of hydrogen-bond donors (Lipinski definition) is 0. The quantitative estimate of drug-likeness (QED) is 0.596. The van der Waals surface area contributed by atoms with Gasteiger partial charge in [-0.15, -0.1) is 0 Å². The Morgan fingerprint density at radius 1 is 1.50 bits per heavy atom. The maximum atomic E-state index is 11.5. The van der Waals surface area contributed by atoms with Gasteiger partial charge in [-0.2, -0.15) is 0 Å². The summed E-state index contributed by atoms with van der Waals surface area (Å²) in [7, 11) is 0. The van der Waals surface area contributed by atoms with Crippen LogP contribution < -0.4 is 4.74 Å². The molecule has 0 bridgehead atoms. The lowest BCUT2D eigenvalue weighted by Crippen LogP contribution is -2.52. The number of para-hydroxylation sites is 1. The Morgan fingerprint density at radius 2 is 2.25 bits per heavy atom. The number of ketones is 1. The molecule has 7 heteroatoms. The molecule has 1 fully saturated rings. The van der Waals surface area contributed by atoms with Crippen LogP contribution in [0.4, 0.5) is 5.69 Å². The number of Topliss-reactive ketones (excluding diaryl/α,β-unsaturated/α-hetero) is 1. The number of nitro benzene ring substituents is 1. The maximum Gasteiger partial charge on any atom is 0.312 e. The van der Waals surface area contributed by atoms with Crippen LogP contribution in [0.2, 0.25) is 5.02 Å². The SMILES string of the molecule is CCCOC1C(=O)CC1Oc1c(Cl)cccc1[N+](=O)[O-]. The number of carbonyl (C=O) groups is 1. The van der Waals surface area contributed by atoms with Crippen molar-refractivity contribution in [1.82, 2.24) is 0 Å². The minimum Gasteiger partial charge on any atom is -0.479 e. The second kappa shape index (κ2) is 6.19.